The van der Waals surface area contributed by atoms with Gasteiger partial charge in [-0.15, -0.1) is 0 Å². The maximum absolute atomic E-state index is 10.3. The fourth-order valence-electron chi connectivity index (χ4n) is 0.629. The van der Waals surface area contributed by atoms with E-state index in [9.17, 15) is 9.59 Å². The maximum Gasteiger partial charge on any atom is 0.332 e. The van der Waals surface area contributed by atoms with Gasteiger partial charge in [-0.1, -0.05) is 0 Å². The van der Waals surface area contributed by atoms with Crippen LogP contribution < -0.4 is 5.73 Å². The molecule has 0 amide bonds. The Hall–Kier alpha value is -1.14. The smallest absolute Gasteiger partial charge is 0.332 e. The molecule has 0 radical (unpaired) electrons. The van der Waals surface area contributed by atoms with E-state index in [4.69, 9.17) is 15.9 Å². The van der Waals surface area contributed by atoms with Crippen molar-refractivity contribution in [3.05, 3.63) is 0 Å². The lowest BCUT2D eigenvalue weighted by molar-refractivity contribution is -0.150. The number of ether oxygens (including phenoxy) is 1. The monoisotopic (exact) mass is 177 g/mol. The summed E-state index contributed by atoms with van der Waals surface area (Å²) in [6.45, 7) is 0. The van der Waals surface area contributed by atoms with Gasteiger partial charge in [0.05, 0.1) is 0 Å². The molecule has 1 unspecified atom stereocenters. The van der Waals surface area contributed by atoms with Crippen molar-refractivity contribution in [3.8, 4) is 0 Å². The van der Waals surface area contributed by atoms with Crippen molar-refractivity contribution < 1.29 is 24.5 Å². The first kappa shape index (κ1) is 10.9. The van der Waals surface area contributed by atoms with E-state index in [-0.39, 0.29) is 6.42 Å². The van der Waals surface area contributed by atoms with Crippen LogP contribution in [0.1, 0.15) is 6.42 Å². The van der Waals surface area contributed by atoms with Crippen LogP contribution in [0.4, 0.5) is 0 Å². The first-order chi connectivity index (χ1) is 5.49. The first-order valence-electron chi connectivity index (χ1n) is 3.23. The Labute approximate surface area is 68.9 Å². The summed E-state index contributed by atoms with van der Waals surface area (Å²) in [4.78, 5) is 20.5. The Morgan fingerprint density at radius 2 is 1.92 bits per heavy atom. The summed E-state index contributed by atoms with van der Waals surface area (Å²) in [7, 11) is 1.19. The summed E-state index contributed by atoms with van der Waals surface area (Å²) in [6, 6.07) is -1.20. The van der Waals surface area contributed by atoms with E-state index in [2.05, 4.69) is 4.74 Å². The van der Waals surface area contributed by atoms with E-state index in [1.54, 1.807) is 0 Å². The second kappa shape index (κ2) is 4.68. The molecule has 0 rings (SSSR count). The summed E-state index contributed by atoms with van der Waals surface area (Å²) < 4.78 is 4.49. The number of hydrogen-bond donors (Lipinski definition) is 3. The average molecular weight is 177 g/mol. The largest absolute Gasteiger partial charge is 0.480 e. The Balaban J connectivity index is 4.02. The third-order valence-corrected chi connectivity index (χ3v) is 1.35. The fraction of sp³-hybridized carbons (Fsp3) is 0.667. The predicted molar refractivity (Wildman–Crippen MR) is 38.7 cm³/mol. The molecular formula is C6H11NO5. The minimum Gasteiger partial charge on any atom is -0.480 e. The zero-order chi connectivity index (χ0) is 9.72. The van der Waals surface area contributed by atoms with Gasteiger partial charge in [0.25, 0.3) is 0 Å². The molecule has 0 fully saturated rings. The van der Waals surface area contributed by atoms with Crippen LogP contribution in [0.25, 0.3) is 0 Å². The molecule has 2 atom stereocenters. The summed E-state index contributed by atoms with van der Waals surface area (Å²) in [5, 5.41) is 16.8. The van der Waals surface area contributed by atoms with Crippen LogP contribution in [0, 0.1) is 0 Å². The van der Waals surface area contributed by atoms with Crippen LogP contribution in [-0.2, 0) is 14.3 Å². The second-order valence-electron chi connectivity index (χ2n) is 2.24. The molecule has 6 heteroatoms. The molecule has 0 aliphatic carbocycles. The van der Waals surface area contributed by atoms with Crippen molar-refractivity contribution in [1.82, 2.24) is 0 Å². The van der Waals surface area contributed by atoms with Crippen LogP contribution in [0.15, 0.2) is 0 Å². The SMILES string of the molecule is COC(C[C@H](N)C(=O)O)C(=O)O. The predicted octanol–water partition coefficient (Wildman–Crippen LogP) is -1.11. The zero-order valence-electron chi connectivity index (χ0n) is 6.56. The number of hydrogen-bond acceptors (Lipinski definition) is 4. The summed E-state index contributed by atoms with van der Waals surface area (Å²) in [5.74, 6) is -2.45. The van der Waals surface area contributed by atoms with Gasteiger partial charge in [-0.05, 0) is 0 Å². The van der Waals surface area contributed by atoms with Crippen molar-refractivity contribution in [1.29, 1.82) is 0 Å². The molecule has 0 aliphatic heterocycles. The summed E-state index contributed by atoms with van der Waals surface area (Å²) >= 11 is 0. The van der Waals surface area contributed by atoms with Crippen LogP contribution >= 0.6 is 0 Å². The van der Waals surface area contributed by atoms with Gasteiger partial charge in [-0.25, -0.2) is 4.79 Å². The molecular weight excluding hydrogens is 166 g/mol. The summed E-state index contributed by atoms with van der Waals surface area (Å²) in [5.41, 5.74) is 5.09. The molecule has 0 aromatic carbocycles. The Kier molecular flexibility index (Phi) is 4.24. The van der Waals surface area contributed by atoms with Crippen LogP contribution in [0.5, 0.6) is 0 Å². The molecule has 4 N–H and O–H groups in total. The number of carboxylic acid groups (broad SMARTS) is 2. The standard InChI is InChI=1S/C6H11NO5/c1-12-4(6(10)11)2-3(7)5(8)9/h3-4H,2,7H2,1H3,(H,8,9)(H,10,11)/t3-,4?/m0/s1. The number of nitrogens with two attached hydrogens (primary N) is 1. The molecule has 12 heavy (non-hydrogen) atoms. The van der Waals surface area contributed by atoms with Crippen LogP contribution in [-0.4, -0.2) is 41.4 Å². The third-order valence-electron chi connectivity index (χ3n) is 1.35. The molecule has 6 nitrogen and oxygen atoms in total. The number of carbonyl (C=O) groups is 2. The lowest BCUT2D eigenvalue weighted by Crippen LogP contribution is -2.37. The van der Waals surface area contributed by atoms with E-state index in [0.29, 0.717) is 0 Å². The number of methoxy groups -OCH3 is 1. The Bertz CT molecular complexity index is 181. The second-order valence-corrected chi connectivity index (χ2v) is 2.24. The number of carboxylic acids is 2. The van der Waals surface area contributed by atoms with Crippen LogP contribution in [0.3, 0.4) is 0 Å². The van der Waals surface area contributed by atoms with Gasteiger partial charge in [-0.2, -0.15) is 0 Å². The number of aliphatic carboxylic acids is 2. The van der Waals surface area contributed by atoms with E-state index in [1.807, 2.05) is 0 Å². The van der Waals surface area contributed by atoms with E-state index < -0.39 is 24.1 Å². The highest BCUT2D eigenvalue weighted by atomic mass is 16.5. The van der Waals surface area contributed by atoms with Gasteiger partial charge in [0.1, 0.15) is 6.04 Å². The molecule has 0 aromatic rings. The van der Waals surface area contributed by atoms with Gasteiger partial charge in [-0.3, -0.25) is 4.79 Å². The number of rotatable bonds is 5. The first-order valence-corrected chi connectivity index (χ1v) is 3.23. The lowest BCUT2D eigenvalue weighted by atomic mass is 10.1. The molecule has 0 saturated heterocycles. The minimum atomic E-state index is -1.24. The molecule has 70 valence electrons. The van der Waals surface area contributed by atoms with Gasteiger partial charge in [0, 0.05) is 13.5 Å². The Morgan fingerprint density at radius 1 is 1.42 bits per heavy atom. The van der Waals surface area contributed by atoms with E-state index in [1.165, 1.54) is 7.11 Å². The Morgan fingerprint density at radius 3 is 2.17 bits per heavy atom. The van der Waals surface area contributed by atoms with Gasteiger partial charge >= 0.3 is 11.9 Å². The highest BCUT2D eigenvalue weighted by molar-refractivity contribution is 5.76. The fourth-order valence-corrected chi connectivity index (χ4v) is 0.629. The molecule has 0 aliphatic rings. The molecule has 0 bridgehead atoms. The molecule has 0 heterocycles. The minimum absolute atomic E-state index is 0.235. The highest BCUT2D eigenvalue weighted by Gasteiger charge is 2.23. The van der Waals surface area contributed by atoms with Gasteiger partial charge < -0.3 is 20.7 Å². The quantitative estimate of drug-likeness (QED) is 0.491. The topological polar surface area (TPSA) is 110 Å². The zero-order valence-corrected chi connectivity index (χ0v) is 6.56. The molecule has 0 spiro atoms. The van der Waals surface area contributed by atoms with Crippen molar-refractivity contribution in [3.63, 3.8) is 0 Å². The van der Waals surface area contributed by atoms with Crippen LogP contribution in [0.2, 0.25) is 0 Å². The normalized spacial score (nSPS) is 15.2. The highest BCUT2D eigenvalue weighted by Crippen LogP contribution is 2.00. The lowest BCUT2D eigenvalue weighted by Gasteiger charge is -2.12. The maximum atomic E-state index is 10.3. The van der Waals surface area contributed by atoms with Crippen molar-refractivity contribution >= 4 is 11.9 Å². The van der Waals surface area contributed by atoms with Gasteiger partial charge in [0.2, 0.25) is 0 Å². The summed E-state index contributed by atoms with van der Waals surface area (Å²) in [6.07, 6.45) is -1.39. The molecule has 0 aromatic heterocycles. The van der Waals surface area contributed by atoms with E-state index in [0.717, 1.165) is 0 Å². The van der Waals surface area contributed by atoms with Crippen molar-refractivity contribution in [2.75, 3.05) is 7.11 Å². The van der Waals surface area contributed by atoms with Crippen molar-refractivity contribution in [2.24, 2.45) is 5.73 Å². The molecule has 0 saturated carbocycles. The average Bonchev–Trinajstić information content (AvgIpc) is 1.98. The van der Waals surface area contributed by atoms with Gasteiger partial charge in [0.15, 0.2) is 6.10 Å². The van der Waals surface area contributed by atoms with E-state index >= 15 is 0 Å². The third kappa shape index (κ3) is 3.31. The van der Waals surface area contributed by atoms with Crippen molar-refractivity contribution in [2.45, 2.75) is 18.6 Å².